The number of nitrogen functional groups attached to an aromatic ring is 1. The normalized spacial score (nSPS) is 12.6. The summed E-state index contributed by atoms with van der Waals surface area (Å²) in [4.78, 5) is 13.5. The van der Waals surface area contributed by atoms with Crippen LogP contribution in [-0.2, 0) is 6.42 Å². The molecule has 142 valence electrons. The Balaban J connectivity index is 1.38. The molecule has 0 atom stereocenters. The van der Waals surface area contributed by atoms with E-state index in [9.17, 15) is 0 Å². The van der Waals surface area contributed by atoms with Gasteiger partial charge in [-0.25, -0.2) is 4.98 Å². The molecule has 0 saturated heterocycles. The minimum absolute atomic E-state index is 0.288. The number of aryl methyl sites for hydroxylation is 1. The lowest BCUT2D eigenvalue weighted by molar-refractivity contribution is 0.901. The van der Waals surface area contributed by atoms with E-state index in [4.69, 9.17) is 10.7 Å². The molecule has 5 heteroatoms. The zero-order valence-corrected chi connectivity index (χ0v) is 16.4. The highest BCUT2D eigenvalue weighted by Crippen LogP contribution is 2.28. The molecule has 0 bridgehead atoms. The van der Waals surface area contributed by atoms with Crippen LogP contribution >= 0.6 is 0 Å². The number of anilines is 2. The number of hydrogen-bond acceptors (Lipinski definition) is 5. The number of aromatic nitrogens is 2. The first kappa shape index (κ1) is 18.2. The number of nitrogens with zero attached hydrogens (tertiary/aromatic N) is 3. The lowest BCUT2D eigenvalue weighted by atomic mass is 10.0. The summed E-state index contributed by atoms with van der Waals surface area (Å²) in [6.07, 6.45) is 2.94. The Morgan fingerprint density at radius 2 is 1.89 bits per heavy atom. The molecule has 0 saturated carbocycles. The van der Waals surface area contributed by atoms with E-state index in [0.29, 0.717) is 0 Å². The van der Waals surface area contributed by atoms with Crippen molar-refractivity contribution in [2.24, 2.45) is 4.99 Å². The molecule has 0 spiro atoms. The molecule has 2 heterocycles. The molecule has 0 radical (unpaired) electrons. The third-order valence-electron chi connectivity index (χ3n) is 5.24. The van der Waals surface area contributed by atoms with Crippen LogP contribution in [0.4, 0.5) is 17.5 Å². The lowest BCUT2D eigenvalue weighted by Crippen LogP contribution is -2.09. The van der Waals surface area contributed by atoms with E-state index < -0.39 is 0 Å². The molecule has 1 aliphatic heterocycles. The van der Waals surface area contributed by atoms with Crippen molar-refractivity contribution in [1.29, 1.82) is 0 Å². The molecule has 28 heavy (non-hydrogen) atoms. The van der Waals surface area contributed by atoms with Crippen LogP contribution in [0.2, 0.25) is 0 Å². The standard InChI is InChI=1S/C23H25N5/c1-15-7-5-10-19(16(15)2)21-14-22(28-23(24)27-21)25-12-6-9-18-13-17-8-3-4-11-20(17)26-18/h3-5,7-8,10-11,14H,6,9,12-13H2,1-2H3,(H3,24,25,27,28). The number of benzene rings is 2. The van der Waals surface area contributed by atoms with E-state index in [1.807, 2.05) is 18.2 Å². The number of aliphatic imine (C=N–C) groups is 1. The van der Waals surface area contributed by atoms with Gasteiger partial charge in [-0.1, -0.05) is 36.4 Å². The summed E-state index contributed by atoms with van der Waals surface area (Å²) < 4.78 is 0. The number of nitrogens with one attached hydrogen (secondary N) is 1. The minimum atomic E-state index is 0.288. The molecule has 1 aliphatic rings. The summed E-state index contributed by atoms with van der Waals surface area (Å²) in [5, 5.41) is 3.39. The minimum Gasteiger partial charge on any atom is -0.370 e. The molecule has 3 N–H and O–H groups in total. The summed E-state index contributed by atoms with van der Waals surface area (Å²) in [7, 11) is 0. The largest absolute Gasteiger partial charge is 0.370 e. The predicted octanol–water partition coefficient (Wildman–Crippen LogP) is 4.86. The van der Waals surface area contributed by atoms with Crippen LogP contribution < -0.4 is 11.1 Å². The maximum atomic E-state index is 5.96. The third kappa shape index (κ3) is 3.88. The second-order valence-corrected chi connectivity index (χ2v) is 7.26. The molecule has 0 amide bonds. The fourth-order valence-electron chi connectivity index (χ4n) is 3.58. The molecule has 0 unspecified atom stereocenters. The SMILES string of the molecule is Cc1cccc(-c2cc(NCCCC3=Nc4ccccc4C3)nc(N)n2)c1C. The zero-order valence-electron chi connectivity index (χ0n) is 16.4. The van der Waals surface area contributed by atoms with E-state index in [2.05, 4.69) is 59.5 Å². The van der Waals surface area contributed by atoms with Gasteiger partial charge in [0.1, 0.15) is 5.82 Å². The molecular weight excluding hydrogens is 346 g/mol. The van der Waals surface area contributed by atoms with Crippen molar-refractivity contribution in [2.75, 3.05) is 17.6 Å². The van der Waals surface area contributed by atoms with E-state index >= 15 is 0 Å². The third-order valence-corrected chi connectivity index (χ3v) is 5.24. The highest BCUT2D eigenvalue weighted by atomic mass is 15.1. The Morgan fingerprint density at radius 1 is 1.04 bits per heavy atom. The molecule has 0 fully saturated rings. The Hall–Kier alpha value is -3.21. The number of nitrogens with two attached hydrogens (primary N) is 1. The topological polar surface area (TPSA) is 76.2 Å². The van der Waals surface area contributed by atoms with Gasteiger partial charge in [-0.2, -0.15) is 4.98 Å². The van der Waals surface area contributed by atoms with Crippen molar-refractivity contribution in [3.63, 3.8) is 0 Å². The molecule has 2 aromatic carbocycles. The lowest BCUT2D eigenvalue weighted by Gasteiger charge is -2.11. The van der Waals surface area contributed by atoms with Crippen LogP contribution in [0.1, 0.15) is 29.5 Å². The number of rotatable bonds is 6. The smallest absolute Gasteiger partial charge is 0.222 e. The van der Waals surface area contributed by atoms with Gasteiger partial charge in [-0.3, -0.25) is 4.99 Å². The van der Waals surface area contributed by atoms with Crippen LogP contribution in [-0.4, -0.2) is 22.2 Å². The van der Waals surface area contributed by atoms with Crippen molar-refractivity contribution < 1.29 is 0 Å². The fourth-order valence-corrected chi connectivity index (χ4v) is 3.58. The van der Waals surface area contributed by atoms with E-state index in [1.54, 1.807) is 0 Å². The molecule has 4 rings (SSSR count). The van der Waals surface area contributed by atoms with Gasteiger partial charge in [0.25, 0.3) is 0 Å². The first-order valence-electron chi connectivity index (χ1n) is 9.69. The Morgan fingerprint density at radius 3 is 2.75 bits per heavy atom. The van der Waals surface area contributed by atoms with Crippen LogP contribution in [0, 0.1) is 13.8 Å². The van der Waals surface area contributed by atoms with Gasteiger partial charge in [0.15, 0.2) is 0 Å². The molecule has 0 aliphatic carbocycles. The molecule has 5 nitrogen and oxygen atoms in total. The summed E-state index contributed by atoms with van der Waals surface area (Å²) in [5.41, 5.74) is 14.0. The van der Waals surface area contributed by atoms with Gasteiger partial charge in [0.05, 0.1) is 11.4 Å². The Labute approximate surface area is 165 Å². The van der Waals surface area contributed by atoms with E-state index in [0.717, 1.165) is 48.6 Å². The second kappa shape index (κ2) is 7.80. The van der Waals surface area contributed by atoms with Crippen LogP contribution in [0.3, 0.4) is 0 Å². The Bertz CT molecular complexity index is 1040. The average Bonchev–Trinajstić information content (AvgIpc) is 3.10. The van der Waals surface area contributed by atoms with Crippen molar-refractivity contribution in [3.8, 4) is 11.3 Å². The predicted molar refractivity (Wildman–Crippen MR) is 116 cm³/mol. The highest BCUT2D eigenvalue weighted by Gasteiger charge is 2.13. The summed E-state index contributed by atoms with van der Waals surface area (Å²) >= 11 is 0. The monoisotopic (exact) mass is 371 g/mol. The maximum Gasteiger partial charge on any atom is 0.222 e. The number of fused-ring (bicyclic) bond motifs is 1. The first-order valence-corrected chi connectivity index (χ1v) is 9.69. The van der Waals surface area contributed by atoms with Crippen LogP contribution in [0.5, 0.6) is 0 Å². The number of hydrogen-bond donors (Lipinski definition) is 2. The summed E-state index contributed by atoms with van der Waals surface area (Å²) in [6.45, 7) is 5.03. The molecule has 3 aromatic rings. The van der Waals surface area contributed by atoms with Crippen LogP contribution in [0.25, 0.3) is 11.3 Å². The van der Waals surface area contributed by atoms with Gasteiger partial charge < -0.3 is 11.1 Å². The molecular formula is C23H25N5. The van der Waals surface area contributed by atoms with Crippen molar-refractivity contribution >= 4 is 23.2 Å². The van der Waals surface area contributed by atoms with Gasteiger partial charge in [0, 0.05) is 30.3 Å². The van der Waals surface area contributed by atoms with E-state index in [-0.39, 0.29) is 5.95 Å². The van der Waals surface area contributed by atoms with Crippen molar-refractivity contribution in [1.82, 2.24) is 9.97 Å². The summed E-state index contributed by atoms with van der Waals surface area (Å²) in [5.74, 6) is 1.05. The van der Waals surface area contributed by atoms with E-state index in [1.165, 1.54) is 22.4 Å². The van der Waals surface area contributed by atoms with Crippen molar-refractivity contribution in [3.05, 3.63) is 65.2 Å². The maximum absolute atomic E-state index is 5.96. The van der Waals surface area contributed by atoms with Crippen molar-refractivity contribution in [2.45, 2.75) is 33.1 Å². The van der Waals surface area contributed by atoms with Gasteiger partial charge in [-0.15, -0.1) is 0 Å². The highest BCUT2D eigenvalue weighted by molar-refractivity contribution is 5.93. The van der Waals surface area contributed by atoms with Gasteiger partial charge >= 0.3 is 0 Å². The zero-order chi connectivity index (χ0) is 19.5. The van der Waals surface area contributed by atoms with Gasteiger partial charge in [0.2, 0.25) is 5.95 Å². The fraction of sp³-hybridized carbons (Fsp3) is 0.261. The average molecular weight is 371 g/mol. The Kier molecular flexibility index (Phi) is 5.06. The molecule has 1 aromatic heterocycles. The second-order valence-electron chi connectivity index (χ2n) is 7.26. The van der Waals surface area contributed by atoms with Gasteiger partial charge in [-0.05, 0) is 49.4 Å². The summed E-state index contributed by atoms with van der Waals surface area (Å²) in [6, 6.07) is 16.5. The van der Waals surface area contributed by atoms with Crippen LogP contribution in [0.15, 0.2) is 53.5 Å². The first-order chi connectivity index (χ1) is 13.6. The quantitative estimate of drug-likeness (QED) is 0.607. The number of para-hydroxylation sites is 1.